The van der Waals surface area contributed by atoms with Crippen LogP contribution < -0.4 is 25.1 Å². The van der Waals surface area contributed by atoms with Gasteiger partial charge in [0.05, 0.1) is 30.7 Å². The van der Waals surface area contributed by atoms with Gasteiger partial charge < -0.3 is 19.5 Å². The van der Waals surface area contributed by atoms with E-state index in [9.17, 15) is 9.59 Å². The maximum Gasteiger partial charge on any atom is 0.262 e. The van der Waals surface area contributed by atoms with E-state index in [1.54, 1.807) is 31.5 Å². The molecule has 0 radical (unpaired) electrons. The Bertz CT molecular complexity index is 1280. The Balaban J connectivity index is 1.29. The molecule has 0 fully saturated rings. The van der Waals surface area contributed by atoms with E-state index in [0.29, 0.717) is 48.1 Å². The lowest BCUT2D eigenvalue weighted by Gasteiger charge is -2.19. The predicted molar refractivity (Wildman–Crippen MR) is 122 cm³/mol. The Morgan fingerprint density at radius 3 is 2.73 bits per heavy atom. The van der Waals surface area contributed by atoms with Gasteiger partial charge in [0, 0.05) is 24.4 Å². The minimum absolute atomic E-state index is 0.121. The highest BCUT2D eigenvalue weighted by atomic mass is 16.6. The summed E-state index contributed by atoms with van der Waals surface area (Å²) in [6.45, 7) is 0.794. The van der Waals surface area contributed by atoms with Crippen molar-refractivity contribution < 1.29 is 19.0 Å². The highest BCUT2D eigenvalue weighted by Crippen LogP contribution is 2.32. The molecule has 3 aromatic rings. The predicted octanol–water partition coefficient (Wildman–Crippen LogP) is 2.38. The molecule has 0 spiro atoms. The molecule has 33 heavy (non-hydrogen) atoms. The average molecular weight is 446 g/mol. The van der Waals surface area contributed by atoms with Crippen LogP contribution in [0.3, 0.4) is 0 Å². The van der Waals surface area contributed by atoms with E-state index in [-0.39, 0.29) is 24.1 Å². The fourth-order valence-corrected chi connectivity index (χ4v) is 3.85. The van der Waals surface area contributed by atoms with E-state index in [4.69, 9.17) is 14.2 Å². The molecule has 0 saturated heterocycles. The minimum Gasteiger partial charge on any atom is -0.497 e. The topological polar surface area (TPSA) is 104 Å². The van der Waals surface area contributed by atoms with Crippen molar-refractivity contribution >= 4 is 17.8 Å². The van der Waals surface area contributed by atoms with E-state index in [2.05, 4.69) is 15.3 Å². The van der Waals surface area contributed by atoms with Crippen molar-refractivity contribution in [3.8, 4) is 17.2 Å². The van der Waals surface area contributed by atoms with Gasteiger partial charge in [-0.05, 0) is 29.8 Å². The number of aliphatic imine (C=N–C) groups is 1. The van der Waals surface area contributed by atoms with Crippen LogP contribution in [0.1, 0.15) is 22.9 Å². The number of methoxy groups -OCH3 is 1. The van der Waals surface area contributed by atoms with Crippen LogP contribution in [0.2, 0.25) is 0 Å². The van der Waals surface area contributed by atoms with Crippen LogP contribution in [0.15, 0.2) is 58.6 Å². The Labute approximate surface area is 189 Å². The van der Waals surface area contributed by atoms with Gasteiger partial charge in [-0.3, -0.25) is 19.1 Å². The first-order valence-corrected chi connectivity index (χ1v) is 10.6. The summed E-state index contributed by atoms with van der Waals surface area (Å²) < 4.78 is 17.5. The number of nitrogens with zero attached hydrogens (tertiary/aromatic N) is 3. The molecule has 3 heterocycles. The molecule has 1 aromatic heterocycles. The molecular formula is C24H22N4O5. The summed E-state index contributed by atoms with van der Waals surface area (Å²) in [4.78, 5) is 34.4. The summed E-state index contributed by atoms with van der Waals surface area (Å²) in [6.07, 6.45) is 3.48. The number of nitrogens with one attached hydrogen (secondary N) is 1. The van der Waals surface area contributed by atoms with Gasteiger partial charge in [0.15, 0.2) is 11.5 Å². The summed E-state index contributed by atoms with van der Waals surface area (Å²) >= 11 is 0. The van der Waals surface area contributed by atoms with Crippen molar-refractivity contribution in [1.29, 1.82) is 0 Å². The second-order valence-corrected chi connectivity index (χ2v) is 7.72. The quantitative estimate of drug-likeness (QED) is 0.645. The largest absolute Gasteiger partial charge is 0.497 e. The fraction of sp³-hybridized carbons (Fsp3) is 0.250. The lowest BCUT2D eigenvalue weighted by molar-refractivity contribution is -0.116. The number of carbonyl (C=O) groups is 1. The lowest BCUT2D eigenvalue weighted by Crippen LogP contribution is -2.32. The van der Waals surface area contributed by atoms with E-state index in [1.807, 2.05) is 24.3 Å². The summed E-state index contributed by atoms with van der Waals surface area (Å²) in [7, 11) is 1.62. The molecule has 2 aliphatic heterocycles. The molecule has 5 rings (SSSR count). The molecule has 1 N–H and O–H groups in total. The van der Waals surface area contributed by atoms with Crippen molar-refractivity contribution in [3.05, 3.63) is 76.0 Å². The van der Waals surface area contributed by atoms with Crippen LogP contribution in [-0.4, -0.2) is 42.0 Å². The monoisotopic (exact) mass is 446 g/mol. The highest BCUT2D eigenvalue weighted by Gasteiger charge is 2.22. The van der Waals surface area contributed by atoms with Crippen molar-refractivity contribution in [2.24, 2.45) is 4.99 Å². The zero-order valence-electron chi connectivity index (χ0n) is 18.0. The van der Waals surface area contributed by atoms with E-state index >= 15 is 0 Å². The maximum atomic E-state index is 12.9. The van der Waals surface area contributed by atoms with Gasteiger partial charge in [-0.15, -0.1) is 0 Å². The smallest absolute Gasteiger partial charge is 0.262 e. The Morgan fingerprint density at radius 2 is 1.94 bits per heavy atom. The molecule has 0 bridgehead atoms. The molecule has 9 nitrogen and oxygen atoms in total. The second-order valence-electron chi connectivity index (χ2n) is 7.72. The lowest BCUT2D eigenvalue weighted by atomic mass is 9.98. The number of ether oxygens (including phenoxy) is 3. The third kappa shape index (κ3) is 4.30. The van der Waals surface area contributed by atoms with E-state index < -0.39 is 0 Å². The van der Waals surface area contributed by atoms with Crippen molar-refractivity contribution in [2.75, 3.05) is 25.6 Å². The highest BCUT2D eigenvalue weighted by molar-refractivity contribution is 5.91. The van der Waals surface area contributed by atoms with Gasteiger partial charge in [0.25, 0.3) is 5.56 Å². The molecule has 2 aromatic carbocycles. The van der Waals surface area contributed by atoms with Crippen LogP contribution in [0.25, 0.3) is 0 Å². The third-order valence-electron chi connectivity index (χ3n) is 5.57. The molecule has 1 unspecified atom stereocenters. The van der Waals surface area contributed by atoms with Crippen molar-refractivity contribution in [2.45, 2.75) is 19.0 Å². The number of rotatable bonds is 5. The zero-order valence-corrected chi connectivity index (χ0v) is 18.0. The van der Waals surface area contributed by atoms with Gasteiger partial charge >= 0.3 is 0 Å². The number of carbonyl (C=O) groups excluding carboxylic acids is 1. The van der Waals surface area contributed by atoms with E-state index in [0.717, 1.165) is 11.3 Å². The number of hydrogen-bond donors (Lipinski definition) is 1. The normalized spacial score (nSPS) is 16.1. The van der Waals surface area contributed by atoms with Crippen molar-refractivity contribution in [3.63, 3.8) is 0 Å². The average Bonchev–Trinajstić information content (AvgIpc) is 2.85. The number of aromatic nitrogens is 2. The molecule has 0 saturated carbocycles. The van der Waals surface area contributed by atoms with Crippen LogP contribution in [0.5, 0.6) is 17.2 Å². The van der Waals surface area contributed by atoms with Crippen LogP contribution >= 0.6 is 0 Å². The number of benzene rings is 2. The Kier molecular flexibility index (Phi) is 5.52. The summed E-state index contributed by atoms with van der Waals surface area (Å²) in [6, 6.07) is 12.7. The zero-order chi connectivity index (χ0) is 22.8. The Hall–Kier alpha value is -4.14. The molecule has 9 heteroatoms. The molecule has 0 aliphatic carbocycles. The van der Waals surface area contributed by atoms with Gasteiger partial charge in [0.1, 0.15) is 25.5 Å². The van der Waals surface area contributed by atoms with Gasteiger partial charge in [0.2, 0.25) is 5.91 Å². The first kappa shape index (κ1) is 20.7. The number of hydrogen-bond acceptors (Lipinski definition) is 7. The van der Waals surface area contributed by atoms with Crippen LogP contribution in [0.4, 0.5) is 5.69 Å². The van der Waals surface area contributed by atoms with Gasteiger partial charge in [-0.1, -0.05) is 12.1 Å². The van der Waals surface area contributed by atoms with Gasteiger partial charge in [-0.2, -0.15) is 0 Å². The summed E-state index contributed by atoms with van der Waals surface area (Å²) in [5, 5.41) is 2.78. The van der Waals surface area contributed by atoms with Crippen LogP contribution in [-0.2, 0) is 17.8 Å². The minimum atomic E-state index is -0.348. The standard InChI is InChI=1S/C24H22N4O5/c1-31-17-5-2-15(3-6-17)19-11-20-18(12-25-19)24(30)28(14-26-20)13-23(29)27-16-4-7-21-22(10-16)33-9-8-32-21/h2-7,10,12,14,19H,8-9,11,13H2,1H3,(H,27,29). The van der Waals surface area contributed by atoms with E-state index in [1.165, 1.54) is 10.9 Å². The fourth-order valence-electron chi connectivity index (χ4n) is 3.85. The number of amides is 1. The number of fused-ring (bicyclic) bond motifs is 2. The number of anilines is 1. The molecule has 1 amide bonds. The first-order chi connectivity index (χ1) is 16.1. The van der Waals surface area contributed by atoms with Gasteiger partial charge in [-0.25, -0.2) is 4.98 Å². The first-order valence-electron chi connectivity index (χ1n) is 10.6. The second kappa shape index (κ2) is 8.78. The summed E-state index contributed by atoms with van der Waals surface area (Å²) in [5.41, 5.74) is 2.36. The Morgan fingerprint density at radius 1 is 1.15 bits per heavy atom. The molecule has 2 aliphatic rings. The molecule has 168 valence electrons. The van der Waals surface area contributed by atoms with Crippen LogP contribution in [0, 0.1) is 0 Å². The SMILES string of the molecule is COc1ccc(C2Cc3ncn(CC(=O)Nc4ccc5c(c4)OCCO5)c(=O)c3C=N2)cc1. The molecular weight excluding hydrogens is 424 g/mol. The molecule has 1 atom stereocenters. The van der Waals surface area contributed by atoms with Crippen molar-refractivity contribution in [1.82, 2.24) is 9.55 Å². The third-order valence-corrected chi connectivity index (χ3v) is 5.57. The maximum absolute atomic E-state index is 12.9. The summed E-state index contributed by atoms with van der Waals surface area (Å²) in [5.74, 6) is 1.64.